The van der Waals surface area contributed by atoms with Gasteiger partial charge in [0.15, 0.2) is 45.2 Å². The van der Waals surface area contributed by atoms with Crippen LogP contribution in [0.3, 0.4) is 0 Å². The van der Waals surface area contributed by atoms with Crippen molar-refractivity contribution in [1.82, 2.24) is 39.0 Å². The van der Waals surface area contributed by atoms with Gasteiger partial charge in [0.05, 0.1) is 19.3 Å². The quantitative estimate of drug-likeness (QED) is 0.0857. The van der Waals surface area contributed by atoms with Gasteiger partial charge >= 0.3 is 50.0 Å². The molecule has 0 saturated carbocycles. The van der Waals surface area contributed by atoms with Gasteiger partial charge in [-0.1, -0.05) is 11.8 Å². The van der Waals surface area contributed by atoms with Crippen molar-refractivity contribution in [3.63, 3.8) is 0 Å². The van der Waals surface area contributed by atoms with Crippen LogP contribution in [-0.2, 0) is 18.6 Å². The second kappa shape index (κ2) is 13.3. The topological polar surface area (TPSA) is 227 Å². The average molecular weight is 639 g/mol. The summed E-state index contributed by atoms with van der Waals surface area (Å²) >= 11 is 0. The summed E-state index contributed by atoms with van der Waals surface area (Å²) in [5.74, 6) is 4.75. The van der Waals surface area contributed by atoms with Gasteiger partial charge in [-0.25, -0.2) is 9.97 Å². The number of nitrogens with zero attached hydrogens (tertiary/aromatic N) is 8. The van der Waals surface area contributed by atoms with Gasteiger partial charge in [0.25, 0.3) is 0 Å². The van der Waals surface area contributed by atoms with Crippen molar-refractivity contribution >= 4 is 42.2 Å². The van der Waals surface area contributed by atoms with E-state index in [1.165, 1.54) is 17.2 Å². The Morgan fingerprint density at radius 2 is 1.43 bits per heavy atom. The van der Waals surface area contributed by atoms with Crippen molar-refractivity contribution in [2.75, 3.05) is 24.7 Å². The number of fused-ring (bicyclic) bond motifs is 2. The molecule has 2 fully saturated rings. The minimum Gasteiger partial charge on any atom is -0.566 e. The molecule has 2 aliphatic heterocycles. The van der Waals surface area contributed by atoms with Gasteiger partial charge in [-0.2, -0.15) is 28.7 Å². The first-order valence-electron chi connectivity index (χ1n) is 12.5. The maximum Gasteiger partial charge on any atom is 1.00 e. The molecule has 5 atom stereocenters. The Kier molecular flexibility index (Phi) is 10.1. The number of hydrogen-bond donors (Lipinski definition) is 3. The van der Waals surface area contributed by atoms with E-state index in [1.54, 1.807) is 4.57 Å². The van der Waals surface area contributed by atoms with E-state index in [4.69, 9.17) is 33.8 Å². The largest absolute Gasteiger partial charge is 1.00 e. The van der Waals surface area contributed by atoms with Gasteiger partial charge in [-0.3, -0.25) is 9.13 Å². The molecule has 0 bridgehead atoms. The third kappa shape index (κ3) is 6.50. The monoisotopic (exact) mass is 639 g/mol. The molecule has 224 valence electrons. The third-order valence-corrected chi connectivity index (χ3v) is 7.30. The standard InChI is InChI=1S/C12H11FN5O4P.C12H12FN5O2.Na/c1-2-12(5-21-23(19)20)4-3-7(22-12)18-6-15-8-9(14)16-11(13)17-10(8)18;1-2-12(5-19)4-3-7(20-12)18-6-15-8-9(14)16-11(13)17-10(8)18;/h1,6-7H,3-5H2,(H2,14,16,17);1,6-7,19H,3-5H2,(H2,14,16,17);/q;;+1/t2*7-,12+;/m11./s1. The number of terminal acetylenes is 2. The molecule has 1 unspecified atom stereocenters. The van der Waals surface area contributed by atoms with E-state index in [-0.39, 0.29) is 71.2 Å². The van der Waals surface area contributed by atoms with E-state index in [1.807, 2.05) is 0 Å². The molecule has 16 nitrogen and oxygen atoms in total. The van der Waals surface area contributed by atoms with Crippen LogP contribution in [0.2, 0.25) is 0 Å². The number of anilines is 2. The van der Waals surface area contributed by atoms with E-state index in [2.05, 4.69) is 46.3 Å². The van der Waals surface area contributed by atoms with Crippen molar-refractivity contribution in [2.45, 2.75) is 49.3 Å². The van der Waals surface area contributed by atoms with Crippen molar-refractivity contribution < 1.29 is 66.9 Å². The predicted octanol–water partition coefficient (Wildman–Crippen LogP) is -2.51. The number of rotatable bonds is 6. The Balaban J connectivity index is 0.000000198. The van der Waals surface area contributed by atoms with Gasteiger partial charge in [-0.05, 0) is 30.2 Å². The van der Waals surface area contributed by atoms with E-state index < -0.39 is 44.1 Å². The zero-order chi connectivity index (χ0) is 30.9. The molecule has 2 saturated heterocycles. The van der Waals surface area contributed by atoms with Crippen LogP contribution in [-0.4, -0.2) is 68.6 Å². The maximum absolute atomic E-state index is 13.4. The molecule has 6 rings (SSSR count). The molecule has 0 radical (unpaired) electrons. The molecule has 4 aromatic heterocycles. The molecule has 0 amide bonds. The Bertz CT molecular complexity index is 1800. The zero-order valence-electron chi connectivity index (χ0n) is 23.1. The van der Waals surface area contributed by atoms with Crippen molar-refractivity contribution in [3.8, 4) is 24.7 Å². The average Bonchev–Trinajstić information content (AvgIpc) is 3.77. The van der Waals surface area contributed by atoms with E-state index >= 15 is 0 Å². The summed E-state index contributed by atoms with van der Waals surface area (Å²) in [6, 6.07) is 0. The number of halogens is 2. The van der Waals surface area contributed by atoms with E-state index in [0.717, 1.165) is 0 Å². The number of ether oxygens (including phenoxy) is 2. The number of nitrogen functional groups attached to an aromatic ring is 2. The molecule has 0 aromatic carbocycles. The number of nitrogens with two attached hydrogens (primary N) is 2. The fraction of sp³-hybridized carbons (Fsp3) is 0.417. The number of hydrogen-bond acceptors (Lipinski definition) is 14. The molecule has 5 N–H and O–H groups in total. The minimum absolute atomic E-state index is 0. The SMILES string of the molecule is C#C[C@@]1(CO)CC[C@H](n2cnc3c(N)nc(F)nc32)O1.C#C[C@@]1(CO[P+](=O)[O-])CC[C@H](n2cnc3c(N)nc(F)nc32)O1.[Na+]. The van der Waals surface area contributed by atoms with Crippen molar-refractivity contribution in [2.24, 2.45) is 0 Å². The Labute approximate surface area is 270 Å². The van der Waals surface area contributed by atoms with Gasteiger partial charge < -0.3 is 30.9 Å². The first-order valence-corrected chi connectivity index (χ1v) is 13.6. The molecule has 4 aromatic rings. The van der Waals surface area contributed by atoms with Crippen LogP contribution in [0.5, 0.6) is 0 Å². The van der Waals surface area contributed by atoms with Crippen molar-refractivity contribution in [3.05, 3.63) is 24.8 Å². The summed E-state index contributed by atoms with van der Waals surface area (Å²) in [7, 11) is -3.03. The summed E-state index contributed by atoms with van der Waals surface area (Å²) in [4.78, 5) is 32.8. The fourth-order valence-electron chi connectivity index (χ4n) is 4.78. The Hall–Kier alpha value is -3.42. The number of aliphatic hydroxyl groups excluding tert-OH is 1. The summed E-state index contributed by atoms with van der Waals surface area (Å²) in [5, 5.41) is 9.34. The van der Waals surface area contributed by atoms with Crippen LogP contribution in [0.4, 0.5) is 20.4 Å². The molecule has 0 spiro atoms. The molecule has 6 heterocycles. The molecular formula is C24H23F2N10NaO6P+. The van der Waals surface area contributed by atoms with Crippen molar-refractivity contribution in [1.29, 1.82) is 0 Å². The first kappa shape index (κ1) is 33.5. The van der Waals surface area contributed by atoms with E-state index in [0.29, 0.717) is 31.2 Å². The third-order valence-electron chi connectivity index (χ3n) is 6.96. The van der Waals surface area contributed by atoms with Crippen LogP contribution >= 0.6 is 8.25 Å². The number of imidazole rings is 2. The van der Waals surface area contributed by atoms with Gasteiger partial charge in [-0.15, -0.1) is 17.4 Å². The molecule has 44 heavy (non-hydrogen) atoms. The van der Waals surface area contributed by atoms with Gasteiger partial charge in [0.2, 0.25) is 0 Å². The second-order valence-corrected chi connectivity index (χ2v) is 10.3. The second-order valence-electron chi connectivity index (χ2n) is 9.56. The van der Waals surface area contributed by atoms with Crippen LogP contribution in [0, 0.1) is 36.8 Å². The summed E-state index contributed by atoms with van der Waals surface area (Å²) in [6.07, 6.45) is 12.5. The van der Waals surface area contributed by atoms with Crippen LogP contribution < -0.4 is 45.9 Å². The number of aliphatic hydroxyl groups is 1. The van der Waals surface area contributed by atoms with E-state index in [9.17, 15) is 23.3 Å². The smallest absolute Gasteiger partial charge is 0.566 e. The van der Waals surface area contributed by atoms with Crippen LogP contribution in [0.1, 0.15) is 38.1 Å². The normalized spacial score (nSPS) is 24.7. The Morgan fingerprint density at radius 1 is 0.977 bits per heavy atom. The minimum atomic E-state index is -3.03. The molecule has 0 aliphatic carbocycles. The summed E-state index contributed by atoms with van der Waals surface area (Å²) in [6.45, 7) is -0.574. The fourth-order valence-corrected chi connectivity index (χ4v) is 5.10. The first-order chi connectivity index (χ1) is 20.5. The van der Waals surface area contributed by atoms with Crippen LogP contribution in [0.15, 0.2) is 12.7 Å². The maximum atomic E-state index is 13.4. The zero-order valence-corrected chi connectivity index (χ0v) is 26.0. The molecule has 2 aliphatic rings. The van der Waals surface area contributed by atoms with Gasteiger partial charge in [0, 0.05) is 0 Å². The summed E-state index contributed by atoms with van der Waals surface area (Å²) < 4.78 is 56.3. The van der Waals surface area contributed by atoms with Gasteiger partial charge in [0.1, 0.15) is 19.1 Å². The predicted molar refractivity (Wildman–Crippen MR) is 142 cm³/mol. The summed E-state index contributed by atoms with van der Waals surface area (Å²) in [5.41, 5.74) is 9.95. The Morgan fingerprint density at radius 3 is 1.84 bits per heavy atom. The molecular weight excluding hydrogens is 616 g/mol. The molecule has 20 heteroatoms. The van der Waals surface area contributed by atoms with Crippen LogP contribution in [0.25, 0.3) is 22.3 Å². The number of aromatic nitrogens is 8.